The maximum Gasteiger partial charge on any atom is 0.347 e. The van der Waals surface area contributed by atoms with Crippen molar-refractivity contribution in [2.24, 2.45) is 5.16 Å². The molecule has 11 heteroatoms. The Labute approximate surface area is 250 Å². The van der Waals surface area contributed by atoms with E-state index in [-0.39, 0.29) is 23.5 Å². The second-order valence-electron chi connectivity index (χ2n) is 11.9. The zero-order chi connectivity index (χ0) is 30.8. The molecular formula is C31H38N2O8S. The van der Waals surface area contributed by atoms with Crippen molar-refractivity contribution in [3.63, 3.8) is 0 Å². The number of amides is 2. The molecule has 10 nitrogen and oxygen atoms in total. The lowest BCUT2D eigenvalue weighted by Gasteiger charge is -2.38. The van der Waals surface area contributed by atoms with Gasteiger partial charge in [0.25, 0.3) is 5.24 Å². The predicted octanol–water partition coefficient (Wildman–Crippen LogP) is 5.28. The van der Waals surface area contributed by atoms with Crippen LogP contribution in [-0.4, -0.2) is 57.6 Å². The van der Waals surface area contributed by atoms with Gasteiger partial charge in [-0.1, -0.05) is 29.1 Å². The number of aromatic hydroxyl groups is 1. The van der Waals surface area contributed by atoms with Gasteiger partial charge in [0.15, 0.2) is 0 Å². The van der Waals surface area contributed by atoms with Crippen LogP contribution in [0.4, 0.5) is 4.79 Å². The first-order valence-electron chi connectivity index (χ1n) is 13.8. The van der Waals surface area contributed by atoms with E-state index in [1.165, 1.54) is 0 Å². The number of oxime groups is 1. The summed E-state index contributed by atoms with van der Waals surface area (Å²) in [5.41, 5.74) is 2.95. The Balaban J connectivity index is 1.45. The van der Waals surface area contributed by atoms with Gasteiger partial charge < -0.3 is 24.2 Å². The molecule has 2 heterocycles. The van der Waals surface area contributed by atoms with E-state index in [9.17, 15) is 19.5 Å². The average molecular weight is 599 g/mol. The van der Waals surface area contributed by atoms with E-state index in [2.05, 4.69) is 10.5 Å². The third kappa shape index (κ3) is 7.36. The van der Waals surface area contributed by atoms with Gasteiger partial charge in [-0.3, -0.25) is 14.9 Å². The second-order valence-corrected chi connectivity index (χ2v) is 13.1. The molecule has 0 aromatic heterocycles. The summed E-state index contributed by atoms with van der Waals surface area (Å²) in [4.78, 5) is 40.9. The molecule has 2 aliphatic rings. The summed E-state index contributed by atoms with van der Waals surface area (Å²) >= 11 is 1.01. The molecule has 0 aliphatic carbocycles. The molecule has 2 unspecified atom stereocenters. The Bertz CT molecular complexity index is 1410. The minimum Gasteiger partial charge on any atom is -0.507 e. The lowest BCUT2D eigenvalue weighted by molar-refractivity contribution is -0.160. The lowest BCUT2D eigenvalue weighted by Crippen LogP contribution is -2.41. The highest BCUT2D eigenvalue weighted by atomic mass is 32.2. The average Bonchev–Trinajstić information content (AvgIpc) is 3.21. The number of ether oxygens (including phenoxy) is 3. The van der Waals surface area contributed by atoms with E-state index >= 15 is 0 Å². The largest absolute Gasteiger partial charge is 0.507 e. The van der Waals surface area contributed by atoms with E-state index in [1.807, 2.05) is 45.0 Å². The van der Waals surface area contributed by atoms with Crippen molar-refractivity contribution in [3.05, 3.63) is 52.1 Å². The number of phenolic OH excluding ortho intramolecular Hbond substituents is 1. The minimum atomic E-state index is -0.707. The highest BCUT2D eigenvalue weighted by Crippen LogP contribution is 2.44. The summed E-state index contributed by atoms with van der Waals surface area (Å²) in [6.07, 6.45) is 1.33. The van der Waals surface area contributed by atoms with Crippen LogP contribution in [0.3, 0.4) is 0 Å². The van der Waals surface area contributed by atoms with Crippen molar-refractivity contribution < 1.29 is 38.5 Å². The number of nitrogens with zero attached hydrogens (tertiary/aromatic N) is 1. The molecule has 42 heavy (non-hydrogen) atoms. The summed E-state index contributed by atoms with van der Waals surface area (Å²) in [6, 6.07) is 7.44. The number of thioether (sulfide) groups is 1. The number of imide groups is 1. The molecule has 2 amide bonds. The first kappa shape index (κ1) is 31.2. The van der Waals surface area contributed by atoms with Crippen LogP contribution in [0, 0.1) is 20.8 Å². The van der Waals surface area contributed by atoms with Crippen LogP contribution in [-0.2, 0) is 25.6 Å². The number of hydrogen-bond acceptors (Lipinski definition) is 10. The Morgan fingerprint density at radius 3 is 2.45 bits per heavy atom. The molecule has 0 bridgehead atoms. The minimum absolute atomic E-state index is 0.170. The molecule has 0 spiro atoms. The fourth-order valence-corrected chi connectivity index (χ4v) is 5.76. The standard InChI is InChI=1S/C31H38N2O8S/c1-17-18(2)27-25(19(3)26(17)35)22(33-39-16-24(34)40-30(4,5)6)15-31(7,41-27)12-13-38-21-10-8-20(9-11-21)14-23-28(36)32-29(37)42-23/h8-11,23,35H,12-16H2,1-7H3,(H,32,36,37)/b33-22+. The number of benzene rings is 2. The van der Waals surface area contributed by atoms with Crippen LogP contribution in [0.15, 0.2) is 29.4 Å². The molecule has 2 aromatic rings. The van der Waals surface area contributed by atoms with Crippen LogP contribution < -0.4 is 14.8 Å². The fraction of sp³-hybridized carbons (Fsp3) is 0.484. The number of nitrogens with one attached hydrogen (secondary N) is 1. The van der Waals surface area contributed by atoms with Gasteiger partial charge in [0.1, 0.15) is 28.5 Å². The summed E-state index contributed by atoms with van der Waals surface area (Å²) in [6.45, 7) is 12.8. The van der Waals surface area contributed by atoms with E-state index in [0.29, 0.717) is 54.2 Å². The number of carbonyl (C=O) groups excluding carboxylic acids is 3. The summed E-state index contributed by atoms with van der Waals surface area (Å²) in [5, 5.41) is 16.6. The lowest BCUT2D eigenvalue weighted by atomic mass is 9.84. The highest BCUT2D eigenvalue weighted by molar-refractivity contribution is 8.15. The zero-order valence-corrected chi connectivity index (χ0v) is 25.9. The molecule has 2 atom stereocenters. The van der Waals surface area contributed by atoms with Gasteiger partial charge in [-0.2, -0.15) is 0 Å². The highest BCUT2D eigenvalue weighted by Gasteiger charge is 2.39. The molecule has 1 saturated heterocycles. The number of rotatable bonds is 9. The maximum absolute atomic E-state index is 12.2. The third-order valence-electron chi connectivity index (χ3n) is 7.18. The van der Waals surface area contributed by atoms with E-state index in [1.54, 1.807) is 27.7 Å². The SMILES string of the molecule is Cc1c(C)c2c(c(C)c1O)/C(=N/OCC(=O)OC(C)(C)C)CC(C)(CCOc1ccc(CC3SC(=O)NC3=O)cc1)O2. The predicted molar refractivity (Wildman–Crippen MR) is 159 cm³/mol. The first-order chi connectivity index (χ1) is 19.7. The van der Waals surface area contributed by atoms with Gasteiger partial charge in [-0.15, -0.1) is 0 Å². The van der Waals surface area contributed by atoms with E-state index < -0.39 is 22.4 Å². The smallest absolute Gasteiger partial charge is 0.347 e. The van der Waals surface area contributed by atoms with Crippen LogP contribution >= 0.6 is 11.8 Å². The van der Waals surface area contributed by atoms with Crippen molar-refractivity contribution >= 4 is 34.6 Å². The Kier molecular flexibility index (Phi) is 9.10. The summed E-state index contributed by atoms with van der Waals surface area (Å²) in [7, 11) is 0. The molecule has 2 N–H and O–H groups in total. The van der Waals surface area contributed by atoms with Gasteiger partial charge in [0.2, 0.25) is 12.5 Å². The van der Waals surface area contributed by atoms with Gasteiger partial charge in [0.05, 0.1) is 17.6 Å². The van der Waals surface area contributed by atoms with Crippen LogP contribution in [0.2, 0.25) is 0 Å². The number of carbonyl (C=O) groups is 3. The number of fused-ring (bicyclic) bond motifs is 1. The molecule has 0 saturated carbocycles. The third-order valence-corrected chi connectivity index (χ3v) is 8.16. The van der Waals surface area contributed by atoms with Crippen molar-refractivity contribution in [2.75, 3.05) is 13.2 Å². The van der Waals surface area contributed by atoms with Gasteiger partial charge in [-0.05, 0) is 83.7 Å². The molecule has 2 aromatic carbocycles. The second kappa shape index (κ2) is 12.2. The Morgan fingerprint density at radius 2 is 1.83 bits per heavy atom. The topological polar surface area (TPSA) is 133 Å². The zero-order valence-electron chi connectivity index (χ0n) is 25.1. The van der Waals surface area contributed by atoms with E-state index in [4.69, 9.17) is 19.0 Å². The van der Waals surface area contributed by atoms with Crippen molar-refractivity contribution in [3.8, 4) is 17.2 Å². The molecule has 226 valence electrons. The Hall–Kier alpha value is -3.73. The molecule has 4 rings (SSSR count). The van der Waals surface area contributed by atoms with Crippen molar-refractivity contribution in [1.82, 2.24) is 5.32 Å². The number of esters is 1. The Morgan fingerprint density at radius 1 is 1.14 bits per heavy atom. The molecule has 0 radical (unpaired) electrons. The number of phenols is 1. The van der Waals surface area contributed by atoms with Crippen LogP contribution in [0.25, 0.3) is 0 Å². The quantitative estimate of drug-likeness (QED) is 0.292. The first-order valence-corrected chi connectivity index (χ1v) is 14.7. The fourth-order valence-electron chi connectivity index (χ4n) is 4.90. The van der Waals surface area contributed by atoms with Gasteiger partial charge in [-0.25, -0.2) is 4.79 Å². The van der Waals surface area contributed by atoms with Crippen LogP contribution in [0.5, 0.6) is 17.2 Å². The summed E-state index contributed by atoms with van der Waals surface area (Å²) < 4.78 is 17.9. The monoisotopic (exact) mass is 598 g/mol. The molecule has 2 aliphatic heterocycles. The normalized spacial score (nSPS) is 21.0. The number of hydrogen-bond donors (Lipinski definition) is 2. The van der Waals surface area contributed by atoms with Gasteiger partial charge >= 0.3 is 5.97 Å². The maximum atomic E-state index is 12.2. The summed E-state index contributed by atoms with van der Waals surface area (Å²) in [5.74, 6) is 0.665. The van der Waals surface area contributed by atoms with Crippen molar-refractivity contribution in [1.29, 1.82) is 0 Å². The van der Waals surface area contributed by atoms with Crippen LogP contribution in [0.1, 0.15) is 68.4 Å². The molecule has 1 fully saturated rings. The molecular weight excluding hydrogens is 560 g/mol. The van der Waals surface area contributed by atoms with Gasteiger partial charge in [0, 0.05) is 24.0 Å². The van der Waals surface area contributed by atoms with Crippen molar-refractivity contribution in [2.45, 2.75) is 84.2 Å². The van der Waals surface area contributed by atoms with E-state index in [0.717, 1.165) is 28.5 Å².